The minimum atomic E-state index is 0.0316. The SMILES string of the molecule is CN1CCC(CNC(=O)c2ccc3c(c2)NCCN3)CC1. The van der Waals surface area contributed by atoms with Crippen LogP contribution in [0.25, 0.3) is 0 Å². The lowest BCUT2D eigenvalue weighted by Gasteiger charge is -2.29. The number of carbonyl (C=O) groups excluding carboxylic acids is 1. The van der Waals surface area contributed by atoms with Crippen LogP contribution in [0.15, 0.2) is 18.2 Å². The zero-order valence-corrected chi connectivity index (χ0v) is 12.6. The van der Waals surface area contributed by atoms with E-state index < -0.39 is 0 Å². The molecule has 2 aliphatic heterocycles. The van der Waals surface area contributed by atoms with Crippen LogP contribution in [0.3, 0.4) is 0 Å². The van der Waals surface area contributed by atoms with Crippen LogP contribution in [-0.4, -0.2) is 50.6 Å². The Bertz CT molecular complexity index is 509. The molecule has 3 rings (SSSR count). The summed E-state index contributed by atoms with van der Waals surface area (Å²) in [6.07, 6.45) is 2.35. The molecule has 5 nitrogen and oxygen atoms in total. The molecule has 5 heteroatoms. The number of anilines is 2. The topological polar surface area (TPSA) is 56.4 Å². The quantitative estimate of drug-likeness (QED) is 0.791. The highest BCUT2D eigenvalue weighted by Crippen LogP contribution is 2.25. The third-order valence-electron chi connectivity index (χ3n) is 4.43. The Hall–Kier alpha value is -1.75. The Kier molecular flexibility index (Phi) is 4.29. The van der Waals surface area contributed by atoms with Crippen LogP contribution >= 0.6 is 0 Å². The van der Waals surface area contributed by atoms with Crippen LogP contribution in [0, 0.1) is 5.92 Å². The lowest BCUT2D eigenvalue weighted by atomic mass is 9.97. The van der Waals surface area contributed by atoms with Crippen molar-refractivity contribution in [2.24, 2.45) is 5.92 Å². The number of hydrogen-bond acceptors (Lipinski definition) is 4. The molecule has 1 aromatic carbocycles. The minimum absolute atomic E-state index is 0.0316. The van der Waals surface area contributed by atoms with Gasteiger partial charge in [-0.25, -0.2) is 0 Å². The number of fused-ring (bicyclic) bond motifs is 1. The van der Waals surface area contributed by atoms with Gasteiger partial charge in [-0.1, -0.05) is 0 Å². The standard InChI is InChI=1S/C16H24N4O/c1-20-8-4-12(5-9-20)11-19-16(21)13-2-3-14-15(10-13)18-7-6-17-14/h2-3,10,12,17-18H,4-9,11H2,1H3,(H,19,21). The smallest absolute Gasteiger partial charge is 0.251 e. The van der Waals surface area contributed by atoms with E-state index in [1.54, 1.807) is 0 Å². The summed E-state index contributed by atoms with van der Waals surface area (Å²) in [5.74, 6) is 0.645. The molecule has 0 atom stereocenters. The summed E-state index contributed by atoms with van der Waals surface area (Å²) < 4.78 is 0. The third kappa shape index (κ3) is 3.47. The minimum Gasteiger partial charge on any atom is -0.382 e. The fraction of sp³-hybridized carbons (Fsp3) is 0.562. The van der Waals surface area contributed by atoms with E-state index in [0.717, 1.165) is 49.7 Å². The van der Waals surface area contributed by atoms with Crippen molar-refractivity contribution >= 4 is 17.3 Å². The first-order valence-electron chi connectivity index (χ1n) is 7.81. The first kappa shape index (κ1) is 14.2. The normalized spacial score (nSPS) is 19.3. The van der Waals surface area contributed by atoms with Gasteiger partial charge < -0.3 is 20.9 Å². The molecular formula is C16H24N4O. The number of amides is 1. The van der Waals surface area contributed by atoms with E-state index in [0.29, 0.717) is 5.92 Å². The number of rotatable bonds is 3. The molecule has 0 unspecified atom stereocenters. The fourth-order valence-electron chi connectivity index (χ4n) is 2.99. The van der Waals surface area contributed by atoms with Gasteiger partial charge >= 0.3 is 0 Å². The van der Waals surface area contributed by atoms with Crippen LogP contribution in [0.5, 0.6) is 0 Å². The highest BCUT2D eigenvalue weighted by atomic mass is 16.1. The maximum atomic E-state index is 12.3. The van der Waals surface area contributed by atoms with Crippen molar-refractivity contribution in [2.75, 3.05) is 50.4 Å². The summed E-state index contributed by atoms with van der Waals surface area (Å²) in [5, 5.41) is 9.72. The lowest BCUT2D eigenvalue weighted by Crippen LogP contribution is -2.36. The van der Waals surface area contributed by atoms with Gasteiger partial charge in [0, 0.05) is 25.2 Å². The van der Waals surface area contributed by atoms with Crippen LogP contribution in [0.2, 0.25) is 0 Å². The molecule has 0 bridgehead atoms. The second-order valence-electron chi connectivity index (χ2n) is 6.07. The number of nitrogens with zero attached hydrogens (tertiary/aromatic N) is 1. The maximum absolute atomic E-state index is 12.3. The van der Waals surface area contributed by atoms with E-state index in [1.807, 2.05) is 18.2 Å². The summed E-state index contributed by atoms with van der Waals surface area (Å²) in [6.45, 7) is 4.88. The predicted molar refractivity (Wildman–Crippen MR) is 86.0 cm³/mol. The summed E-state index contributed by atoms with van der Waals surface area (Å²) in [4.78, 5) is 14.6. The van der Waals surface area contributed by atoms with Gasteiger partial charge in [0.15, 0.2) is 0 Å². The Morgan fingerprint density at radius 2 is 1.95 bits per heavy atom. The van der Waals surface area contributed by atoms with Gasteiger partial charge in [-0.3, -0.25) is 4.79 Å². The third-order valence-corrected chi connectivity index (χ3v) is 4.43. The molecule has 2 heterocycles. The monoisotopic (exact) mass is 288 g/mol. The van der Waals surface area contributed by atoms with E-state index in [9.17, 15) is 4.79 Å². The second-order valence-corrected chi connectivity index (χ2v) is 6.07. The summed E-state index contributed by atoms with van der Waals surface area (Å²) >= 11 is 0. The molecule has 2 aliphatic rings. The van der Waals surface area contributed by atoms with Gasteiger partial charge in [-0.2, -0.15) is 0 Å². The Morgan fingerprint density at radius 3 is 2.71 bits per heavy atom. The second kappa shape index (κ2) is 6.35. The van der Waals surface area contributed by atoms with Crippen LogP contribution < -0.4 is 16.0 Å². The first-order valence-corrected chi connectivity index (χ1v) is 7.81. The number of benzene rings is 1. The maximum Gasteiger partial charge on any atom is 0.251 e. The summed E-state index contributed by atoms with van der Waals surface area (Å²) in [6, 6.07) is 5.81. The van der Waals surface area contributed by atoms with Crippen molar-refractivity contribution in [3.63, 3.8) is 0 Å². The van der Waals surface area contributed by atoms with Crippen molar-refractivity contribution in [1.82, 2.24) is 10.2 Å². The van der Waals surface area contributed by atoms with Crippen LogP contribution in [-0.2, 0) is 0 Å². The number of nitrogens with one attached hydrogen (secondary N) is 3. The molecule has 0 aliphatic carbocycles. The van der Waals surface area contributed by atoms with Crippen molar-refractivity contribution in [2.45, 2.75) is 12.8 Å². The molecule has 1 amide bonds. The lowest BCUT2D eigenvalue weighted by molar-refractivity contribution is 0.0939. The van der Waals surface area contributed by atoms with Crippen molar-refractivity contribution < 1.29 is 4.79 Å². The zero-order valence-electron chi connectivity index (χ0n) is 12.6. The van der Waals surface area contributed by atoms with Gasteiger partial charge in [0.05, 0.1) is 11.4 Å². The molecule has 21 heavy (non-hydrogen) atoms. The number of hydrogen-bond donors (Lipinski definition) is 3. The Labute approximate surface area is 126 Å². The van der Waals surface area contributed by atoms with E-state index in [1.165, 1.54) is 12.8 Å². The molecule has 3 N–H and O–H groups in total. The van der Waals surface area contributed by atoms with E-state index >= 15 is 0 Å². The van der Waals surface area contributed by atoms with Gasteiger partial charge in [0.1, 0.15) is 0 Å². The van der Waals surface area contributed by atoms with Crippen molar-refractivity contribution in [3.05, 3.63) is 23.8 Å². The number of piperidine rings is 1. The molecule has 1 fully saturated rings. The van der Waals surface area contributed by atoms with Gasteiger partial charge in [0.2, 0.25) is 0 Å². The molecule has 114 valence electrons. The summed E-state index contributed by atoms with van der Waals surface area (Å²) in [7, 11) is 2.16. The highest BCUT2D eigenvalue weighted by Gasteiger charge is 2.18. The summed E-state index contributed by atoms with van der Waals surface area (Å²) in [5.41, 5.74) is 2.83. The molecule has 0 aromatic heterocycles. The van der Waals surface area contributed by atoms with Gasteiger partial charge in [-0.05, 0) is 57.1 Å². The molecule has 1 saturated heterocycles. The number of carbonyl (C=O) groups is 1. The van der Waals surface area contributed by atoms with Gasteiger partial charge in [-0.15, -0.1) is 0 Å². The van der Waals surface area contributed by atoms with Gasteiger partial charge in [0.25, 0.3) is 5.91 Å². The Morgan fingerprint density at radius 1 is 1.24 bits per heavy atom. The number of likely N-dealkylation sites (tertiary alicyclic amines) is 1. The predicted octanol–water partition coefficient (Wildman–Crippen LogP) is 1.60. The highest BCUT2D eigenvalue weighted by molar-refractivity contribution is 5.96. The average Bonchev–Trinajstić information content (AvgIpc) is 2.53. The molecule has 0 saturated carbocycles. The Balaban J connectivity index is 1.55. The van der Waals surface area contributed by atoms with Crippen molar-refractivity contribution in [3.8, 4) is 0 Å². The van der Waals surface area contributed by atoms with E-state index in [4.69, 9.17) is 0 Å². The van der Waals surface area contributed by atoms with E-state index in [-0.39, 0.29) is 5.91 Å². The molecular weight excluding hydrogens is 264 g/mol. The average molecular weight is 288 g/mol. The zero-order chi connectivity index (χ0) is 14.7. The van der Waals surface area contributed by atoms with Crippen molar-refractivity contribution in [1.29, 1.82) is 0 Å². The largest absolute Gasteiger partial charge is 0.382 e. The van der Waals surface area contributed by atoms with Crippen LogP contribution in [0.1, 0.15) is 23.2 Å². The molecule has 1 aromatic rings. The van der Waals surface area contributed by atoms with E-state index in [2.05, 4.69) is 27.9 Å². The van der Waals surface area contributed by atoms with Crippen LogP contribution in [0.4, 0.5) is 11.4 Å². The first-order chi connectivity index (χ1) is 10.2. The molecule has 0 radical (unpaired) electrons. The molecule has 0 spiro atoms. The fourth-order valence-corrected chi connectivity index (χ4v) is 2.99.